The summed E-state index contributed by atoms with van der Waals surface area (Å²) < 4.78 is 1.94. The van der Waals surface area contributed by atoms with E-state index in [4.69, 9.17) is 11.6 Å². The van der Waals surface area contributed by atoms with E-state index in [1.807, 2.05) is 42.1 Å². The summed E-state index contributed by atoms with van der Waals surface area (Å²) in [7, 11) is 0. The van der Waals surface area contributed by atoms with Gasteiger partial charge in [-0.15, -0.1) is 0 Å². The van der Waals surface area contributed by atoms with Gasteiger partial charge in [-0.25, -0.2) is 4.68 Å². The highest BCUT2D eigenvalue weighted by molar-refractivity contribution is 6.31. The van der Waals surface area contributed by atoms with Crippen LogP contribution in [0, 0.1) is 18.8 Å². The molecule has 1 aromatic carbocycles. The largest absolute Gasteiger partial charge is 0.310 e. The molecule has 0 saturated heterocycles. The lowest BCUT2D eigenvalue weighted by Crippen LogP contribution is -2.19. The van der Waals surface area contributed by atoms with Crippen LogP contribution in [0.3, 0.4) is 0 Å². The van der Waals surface area contributed by atoms with Crippen molar-refractivity contribution in [1.82, 2.24) is 9.78 Å². The highest BCUT2D eigenvalue weighted by Gasteiger charge is 2.45. The number of aryl methyl sites for hydroxylation is 1. The molecule has 120 valence electrons. The topological polar surface area (TPSA) is 46.9 Å². The van der Waals surface area contributed by atoms with Crippen molar-refractivity contribution in [2.24, 2.45) is 11.8 Å². The highest BCUT2D eigenvalue weighted by Crippen LogP contribution is 2.50. The summed E-state index contributed by atoms with van der Waals surface area (Å²) in [6, 6.07) is 7.80. The molecule has 2 fully saturated rings. The minimum atomic E-state index is 0.0126. The molecule has 5 heteroatoms. The van der Waals surface area contributed by atoms with E-state index in [2.05, 4.69) is 10.4 Å². The molecule has 0 radical (unpaired) electrons. The van der Waals surface area contributed by atoms with Crippen molar-refractivity contribution in [2.75, 3.05) is 5.32 Å². The Morgan fingerprint density at radius 3 is 2.91 bits per heavy atom. The quantitative estimate of drug-likeness (QED) is 0.901. The first kappa shape index (κ1) is 14.8. The lowest BCUT2D eigenvalue weighted by Gasteiger charge is -2.10. The molecule has 2 unspecified atom stereocenters. The van der Waals surface area contributed by atoms with Crippen LogP contribution in [0.1, 0.15) is 36.3 Å². The number of carbonyl (C=O) groups is 1. The molecule has 0 spiro atoms. The molecule has 1 amide bonds. The smallest absolute Gasteiger partial charge is 0.229 e. The number of amides is 1. The maximum Gasteiger partial charge on any atom is 0.229 e. The molecule has 2 saturated carbocycles. The van der Waals surface area contributed by atoms with E-state index in [1.165, 1.54) is 12.8 Å². The minimum Gasteiger partial charge on any atom is -0.310 e. The van der Waals surface area contributed by atoms with Gasteiger partial charge in [0.2, 0.25) is 5.91 Å². The van der Waals surface area contributed by atoms with Gasteiger partial charge < -0.3 is 5.32 Å². The molecule has 4 nitrogen and oxygen atoms in total. The summed E-state index contributed by atoms with van der Waals surface area (Å²) in [4.78, 5) is 12.6. The molecule has 2 aliphatic rings. The number of nitrogens with one attached hydrogen (secondary N) is 1. The molecule has 2 atom stereocenters. The summed E-state index contributed by atoms with van der Waals surface area (Å²) in [5, 5.41) is 8.24. The fourth-order valence-electron chi connectivity index (χ4n) is 3.14. The summed E-state index contributed by atoms with van der Waals surface area (Å²) in [6.45, 7) is 2.90. The SMILES string of the molecule is Cc1cnn(CC2CC2)c1NC(=O)C1CC1c1ccccc1Cl. The summed E-state index contributed by atoms with van der Waals surface area (Å²) >= 11 is 6.24. The third-order valence-corrected chi connectivity index (χ3v) is 5.17. The van der Waals surface area contributed by atoms with E-state index in [0.29, 0.717) is 0 Å². The zero-order valence-corrected chi connectivity index (χ0v) is 13.9. The first-order valence-corrected chi connectivity index (χ1v) is 8.59. The van der Waals surface area contributed by atoms with Crippen LogP contribution in [0.4, 0.5) is 5.82 Å². The fourth-order valence-corrected chi connectivity index (χ4v) is 3.41. The predicted molar refractivity (Wildman–Crippen MR) is 90.6 cm³/mol. The van der Waals surface area contributed by atoms with E-state index >= 15 is 0 Å². The van der Waals surface area contributed by atoms with Gasteiger partial charge in [0, 0.05) is 23.0 Å². The van der Waals surface area contributed by atoms with Crippen LogP contribution in [-0.4, -0.2) is 15.7 Å². The van der Waals surface area contributed by atoms with Crippen LogP contribution in [0.2, 0.25) is 5.02 Å². The Hall–Kier alpha value is -1.81. The molecule has 0 aliphatic heterocycles. The summed E-state index contributed by atoms with van der Waals surface area (Å²) in [6.07, 6.45) is 5.23. The molecule has 1 heterocycles. The van der Waals surface area contributed by atoms with Crippen LogP contribution in [0.5, 0.6) is 0 Å². The van der Waals surface area contributed by atoms with Gasteiger partial charge in [0.1, 0.15) is 5.82 Å². The number of halogens is 1. The van der Waals surface area contributed by atoms with Gasteiger partial charge in [0.15, 0.2) is 0 Å². The van der Waals surface area contributed by atoms with Gasteiger partial charge in [-0.1, -0.05) is 29.8 Å². The predicted octanol–water partition coefficient (Wildman–Crippen LogP) is 4.00. The second-order valence-corrected chi connectivity index (χ2v) is 7.17. The number of nitrogens with zero attached hydrogens (tertiary/aromatic N) is 2. The van der Waals surface area contributed by atoms with Crippen molar-refractivity contribution >= 4 is 23.3 Å². The Morgan fingerprint density at radius 1 is 1.39 bits per heavy atom. The summed E-state index contributed by atoms with van der Waals surface area (Å²) in [5.41, 5.74) is 2.10. The molecule has 2 aliphatic carbocycles. The highest BCUT2D eigenvalue weighted by atomic mass is 35.5. The number of benzene rings is 1. The molecule has 1 aromatic heterocycles. The van der Waals surface area contributed by atoms with Crippen LogP contribution < -0.4 is 5.32 Å². The third kappa shape index (κ3) is 3.00. The fraction of sp³-hybridized carbons (Fsp3) is 0.444. The average molecular weight is 330 g/mol. The first-order valence-electron chi connectivity index (χ1n) is 8.21. The molecule has 2 aromatic rings. The molecular formula is C18H20ClN3O. The van der Waals surface area contributed by atoms with E-state index in [0.717, 1.165) is 40.9 Å². The molecule has 1 N–H and O–H groups in total. The Labute approximate surface area is 140 Å². The van der Waals surface area contributed by atoms with Crippen LogP contribution >= 0.6 is 11.6 Å². The van der Waals surface area contributed by atoms with Crippen LogP contribution in [0.25, 0.3) is 0 Å². The maximum atomic E-state index is 12.6. The monoisotopic (exact) mass is 329 g/mol. The minimum absolute atomic E-state index is 0.0126. The molecule has 23 heavy (non-hydrogen) atoms. The lowest BCUT2D eigenvalue weighted by molar-refractivity contribution is -0.117. The zero-order chi connectivity index (χ0) is 16.0. The average Bonchev–Trinajstić information content (AvgIpc) is 3.43. The van der Waals surface area contributed by atoms with Gasteiger partial charge in [0.05, 0.1) is 6.20 Å². The number of hydrogen-bond donors (Lipinski definition) is 1. The van der Waals surface area contributed by atoms with Gasteiger partial charge >= 0.3 is 0 Å². The summed E-state index contributed by atoms with van der Waals surface area (Å²) in [5.74, 6) is 1.91. The van der Waals surface area contributed by atoms with Gasteiger partial charge in [0.25, 0.3) is 0 Å². The Morgan fingerprint density at radius 2 is 2.17 bits per heavy atom. The number of carbonyl (C=O) groups excluding carboxylic acids is 1. The number of hydrogen-bond acceptors (Lipinski definition) is 2. The van der Waals surface area contributed by atoms with Crippen molar-refractivity contribution in [1.29, 1.82) is 0 Å². The maximum absolute atomic E-state index is 12.6. The first-order chi connectivity index (χ1) is 11.1. The normalized spacial score (nSPS) is 22.9. The van der Waals surface area contributed by atoms with E-state index in [1.54, 1.807) is 0 Å². The number of rotatable bonds is 5. The van der Waals surface area contributed by atoms with Gasteiger partial charge in [-0.3, -0.25) is 4.79 Å². The number of aromatic nitrogens is 2. The van der Waals surface area contributed by atoms with Crippen molar-refractivity contribution in [3.05, 3.63) is 46.6 Å². The lowest BCUT2D eigenvalue weighted by atomic mass is 10.1. The van der Waals surface area contributed by atoms with Gasteiger partial charge in [-0.2, -0.15) is 5.10 Å². The van der Waals surface area contributed by atoms with E-state index < -0.39 is 0 Å². The Bertz CT molecular complexity index is 750. The van der Waals surface area contributed by atoms with Crippen molar-refractivity contribution < 1.29 is 4.79 Å². The third-order valence-electron chi connectivity index (χ3n) is 4.82. The Balaban J connectivity index is 1.45. The Kier molecular flexibility index (Phi) is 3.64. The second kappa shape index (κ2) is 5.68. The van der Waals surface area contributed by atoms with Crippen LogP contribution in [0.15, 0.2) is 30.5 Å². The van der Waals surface area contributed by atoms with Crippen molar-refractivity contribution in [2.45, 2.75) is 38.6 Å². The van der Waals surface area contributed by atoms with Crippen molar-refractivity contribution in [3.63, 3.8) is 0 Å². The van der Waals surface area contributed by atoms with Crippen LogP contribution in [-0.2, 0) is 11.3 Å². The zero-order valence-electron chi connectivity index (χ0n) is 13.1. The molecule has 0 bridgehead atoms. The molecular weight excluding hydrogens is 310 g/mol. The van der Waals surface area contributed by atoms with Gasteiger partial charge in [-0.05, 0) is 49.7 Å². The van der Waals surface area contributed by atoms with E-state index in [-0.39, 0.29) is 17.7 Å². The number of anilines is 1. The van der Waals surface area contributed by atoms with E-state index in [9.17, 15) is 4.79 Å². The standard InChI is InChI=1S/C18H20ClN3O/c1-11-9-20-22(10-12-6-7-12)17(11)21-18(23)15-8-14(15)13-4-2-3-5-16(13)19/h2-5,9,12,14-15H,6-8,10H2,1H3,(H,21,23). The molecule has 4 rings (SSSR count). The second-order valence-electron chi connectivity index (χ2n) is 6.76. The van der Waals surface area contributed by atoms with Crippen molar-refractivity contribution in [3.8, 4) is 0 Å².